The average Bonchev–Trinajstić information content (AvgIpc) is 3.03. The van der Waals surface area contributed by atoms with Gasteiger partial charge in [-0.05, 0) is 34.1 Å². The summed E-state index contributed by atoms with van der Waals surface area (Å²) in [5.74, 6) is -0.143. The molecular weight excluding hydrogens is 258 g/mol. The van der Waals surface area contributed by atoms with Crippen LogP contribution < -0.4 is 4.90 Å². The lowest BCUT2D eigenvalue weighted by molar-refractivity contribution is -0.116. The number of benzene rings is 2. The van der Waals surface area contributed by atoms with E-state index in [4.69, 9.17) is 4.63 Å². The summed E-state index contributed by atoms with van der Waals surface area (Å²) in [6.45, 7) is 0. The maximum atomic E-state index is 12.3. The van der Waals surface area contributed by atoms with Crippen LogP contribution in [0.3, 0.4) is 0 Å². The van der Waals surface area contributed by atoms with Crippen LogP contribution in [0.2, 0.25) is 0 Å². The molecular formula is C14H9N3O3. The summed E-state index contributed by atoms with van der Waals surface area (Å²) >= 11 is 0. The zero-order valence-electron chi connectivity index (χ0n) is 10.3. The number of phenols is 1. The summed E-state index contributed by atoms with van der Waals surface area (Å²) in [6, 6.07) is 10.5. The number of fused-ring (bicyclic) bond motifs is 2. The summed E-state index contributed by atoms with van der Waals surface area (Å²) in [7, 11) is 0. The second-order valence-electron chi connectivity index (χ2n) is 4.60. The van der Waals surface area contributed by atoms with Gasteiger partial charge in [0.25, 0.3) is 0 Å². The Morgan fingerprint density at radius 1 is 1.15 bits per heavy atom. The van der Waals surface area contributed by atoms with Crippen molar-refractivity contribution in [3.63, 3.8) is 0 Å². The van der Waals surface area contributed by atoms with Gasteiger partial charge in [-0.2, -0.15) is 0 Å². The summed E-state index contributed by atoms with van der Waals surface area (Å²) in [4.78, 5) is 13.8. The number of carbonyl (C=O) groups excluding carboxylic acids is 1. The Kier molecular flexibility index (Phi) is 2.09. The van der Waals surface area contributed by atoms with Gasteiger partial charge in [-0.1, -0.05) is 18.2 Å². The quantitative estimate of drug-likeness (QED) is 0.730. The standard InChI is InChI=1S/C14H9N3O3/c18-11-6-5-9-13(16-20-15-9)14(11)17-10-4-2-1-3-8(10)7-12(17)19/h1-6,18H,7H2. The van der Waals surface area contributed by atoms with E-state index in [1.165, 1.54) is 11.0 Å². The van der Waals surface area contributed by atoms with Gasteiger partial charge in [-0.15, -0.1) is 0 Å². The van der Waals surface area contributed by atoms with Crippen LogP contribution in [0.15, 0.2) is 41.0 Å². The SMILES string of the molecule is O=C1Cc2ccccc2N1c1c(O)ccc2nonc12. The molecule has 0 unspecified atom stereocenters. The Morgan fingerprint density at radius 2 is 2.00 bits per heavy atom. The van der Waals surface area contributed by atoms with E-state index in [-0.39, 0.29) is 11.7 Å². The molecule has 20 heavy (non-hydrogen) atoms. The highest BCUT2D eigenvalue weighted by Crippen LogP contribution is 2.42. The molecule has 1 amide bonds. The molecule has 1 aliphatic heterocycles. The van der Waals surface area contributed by atoms with E-state index in [1.807, 2.05) is 24.3 Å². The van der Waals surface area contributed by atoms with E-state index >= 15 is 0 Å². The molecule has 0 bridgehead atoms. The Morgan fingerprint density at radius 3 is 2.90 bits per heavy atom. The maximum absolute atomic E-state index is 12.3. The minimum absolute atomic E-state index is 0.0294. The highest BCUT2D eigenvalue weighted by atomic mass is 16.6. The van der Waals surface area contributed by atoms with Gasteiger partial charge in [0.2, 0.25) is 5.91 Å². The van der Waals surface area contributed by atoms with E-state index in [1.54, 1.807) is 6.07 Å². The van der Waals surface area contributed by atoms with Crippen LogP contribution in [0.4, 0.5) is 11.4 Å². The Hall–Kier alpha value is -2.89. The van der Waals surface area contributed by atoms with Crippen LogP contribution in [-0.4, -0.2) is 21.3 Å². The predicted molar refractivity (Wildman–Crippen MR) is 70.8 cm³/mol. The van der Waals surface area contributed by atoms with Crippen LogP contribution in [0.25, 0.3) is 11.0 Å². The molecule has 4 rings (SSSR count). The molecule has 1 aliphatic rings. The van der Waals surface area contributed by atoms with E-state index < -0.39 is 0 Å². The van der Waals surface area contributed by atoms with Gasteiger partial charge in [-0.25, -0.2) is 4.63 Å². The Labute approximate surface area is 113 Å². The number of anilines is 2. The summed E-state index contributed by atoms with van der Waals surface area (Å²) < 4.78 is 4.69. The summed E-state index contributed by atoms with van der Waals surface area (Å²) in [6.07, 6.45) is 0.303. The third-order valence-electron chi connectivity index (χ3n) is 3.43. The van der Waals surface area contributed by atoms with Crippen molar-refractivity contribution < 1.29 is 14.5 Å². The molecule has 6 heteroatoms. The van der Waals surface area contributed by atoms with Gasteiger partial charge in [0.15, 0.2) is 5.52 Å². The van der Waals surface area contributed by atoms with Crippen LogP contribution >= 0.6 is 0 Å². The van der Waals surface area contributed by atoms with Crippen molar-refractivity contribution in [3.8, 4) is 5.75 Å². The molecule has 0 saturated carbocycles. The number of carbonyl (C=O) groups is 1. The highest BCUT2D eigenvalue weighted by molar-refractivity contribution is 6.12. The fraction of sp³-hybridized carbons (Fsp3) is 0.0714. The van der Waals surface area contributed by atoms with Crippen molar-refractivity contribution in [2.24, 2.45) is 0 Å². The lowest BCUT2D eigenvalue weighted by Gasteiger charge is -2.18. The van der Waals surface area contributed by atoms with Gasteiger partial charge in [0.1, 0.15) is 17.0 Å². The van der Waals surface area contributed by atoms with Crippen molar-refractivity contribution in [1.29, 1.82) is 0 Å². The first-order valence-electron chi connectivity index (χ1n) is 6.11. The number of rotatable bonds is 1. The molecule has 1 N–H and O–H groups in total. The molecule has 0 fully saturated rings. The number of para-hydroxylation sites is 1. The number of hydrogen-bond acceptors (Lipinski definition) is 5. The smallest absolute Gasteiger partial charge is 0.236 e. The molecule has 2 aromatic carbocycles. The molecule has 6 nitrogen and oxygen atoms in total. The molecule has 2 heterocycles. The first-order valence-corrected chi connectivity index (χ1v) is 6.11. The van der Waals surface area contributed by atoms with Gasteiger partial charge in [0, 0.05) is 0 Å². The zero-order valence-corrected chi connectivity index (χ0v) is 10.3. The van der Waals surface area contributed by atoms with Crippen molar-refractivity contribution in [2.75, 3.05) is 4.90 Å². The van der Waals surface area contributed by atoms with Gasteiger partial charge >= 0.3 is 0 Å². The van der Waals surface area contributed by atoms with Crippen molar-refractivity contribution >= 4 is 28.3 Å². The lowest BCUT2D eigenvalue weighted by Crippen LogP contribution is -2.21. The van der Waals surface area contributed by atoms with Crippen molar-refractivity contribution in [2.45, 2.75) is 6.42 Å². The minimum Gasteiger partial charge on any atom is -0.506 e. The zero-order chi connectivity index (χ0) is 13.7. The number of hydrogen-bond donors (Lipinski definition) is 1. The predicted octanol–water partition coefficient (Wildman–Crippen LogP) is 2.15. The summed E-state index contributed by atoms with van der Waals surface area (Å²) in [5.41, 5.74) is 2.86. The van der Waals surface area contributed by atoms with Gasteiger partial charge in [-0.3, -0.25) is 9.69 Å². The topological polar surface area (TPSA) is 79.5 Å². The van der Waals surface area contributed by atoms with Crippen LogP contribution in [0, 0.1) is 0 Å². The summed E-state index contributed by atoms with van der Waals surface area (Å²) in [5, 5.41) is 17.7. The second-order valence-corrected chi connectivity index (χ2v) is 4.60. The molecule has 0 radical (unpaired) electrons. The molecule has 1 aromatic heterocycles. The number of aromatic nitrogens is 2. The number of amides is 1. The van der Waals surface area contributed by atoms with Crippen LogP contribution in [-0.2, 0) is 11.2 Å². The average molecular weight is 267 g/mol. The molecule has 0 atom stereocenters. The molecule has 98 valence electrons. The van der Waals surface area contributed by atoms with Crippen LogP contribution in [0.1, 0.15) is 5.56 Å². The molecule has 0 aliphatic carbocycles. The Bertz CT molecular complexity index is 841. The minimum atomic E-state index is -0.114. The van der Waals surface area contributed by atoms with E-state index in [9.17, 15) is 9.90 Å². The normalized spacial score (nSPS) is 14.0. The Balaban J connectivity index is 2.02. The van der Waals surface area contributed by atoms with Gasteiger partial charge < -0.3 is 5.11 Å². The van der Waals surface area contributed by atoms with Gasteiger partial charge in [0.05, 0.1) is 12.1 Å². The monoisotopic (exact) mass is 267 g/mol. The van der Waals surface area contributed by atoms with E-state index in [0.717, 1.165) is 11.3 Å². The number of phenolic OH excluding ortho intramolecular Hbond substituents is 1. The number of nitrogens with zero attached hydrogens (tertiary/aromatic N) is 3. The fourth-order valence-electron chi connectivity index (χ4n) is 2.55. The third kappa shape index (κ3) is 1.36. The first kappa shape index (κ1) is 11.0. The third-order valence-corrected chi connectivity index (χ3v) is 3.43. The first-order chi connectivity index (χ1) is 9.75. The molecule has 0 spiro atoms. The fourth-order valence-corrected chi connectivity index (χ4v) is 2.55. The molecule has 0 saturated heterocycles. The van der Waals surface area contributed by atoms with Crippen molar-refractivity contribution in [1.82, 2.24) is 10.3 Å². The van der Waals surface area contributed by atoms with Crippen molar-refractivity contribution in [3.05, 3.63) is 42.0 Å². The maximum Gasteiger partial charge on any atom is 0.236 e. The lowest BCUT2D eigenvalue weighted by atomic mass is 10.1. The second kappa shape index (κ2) is 3.80. The van der Waals surface area contributed by atoms with E-state index in [2.05, 4.69) is 10.3 Å². The van der Waals surface area contributed by atoms with E-state index in [0.29, 0.717) is 23.1 Å². The number of aromatic hydroxyl groups is 1. The molecule has 3 aromatic rings. The van der Waals surface area contributed by atoms with Crippen LogP contribution in [0.5, 0.6) is 5.75 Å². The largest absolute Gasteiger partial charge is 0.506 e. The highest BCUT2D eigenvalue weighted by Gasteiger charge is 2.32.